The zero-order chi connectivity index (χ0) is 45.7. The number of allylic oxidation sites excluding steroid dienone is 9. The van der Waals surface area contributed by atoms with Crippen molar-refractivity contribution in [2.24, 2.45) is 0 Å². The average molecular weight is 856 g/mol. The summed E-state index contributed by atoms with van der Waals surface area (Å²) < 4.78 is 0. The van der Waals surface area contributed by atoms with Crippen molar-refractivity contribution in [3.05, 3.63) is 239 Å². The van der Waals surface area contributed by atoms with E-state index in [9.17, 15) is 0 Å². The largest absolute Gasteiger partial charge is 0.310 e. The number of aryl methyl sites for hydroxylation is 2. The molecule has 0 atom stereocenters. The molecular formula is C65H61N. The van der Waals surface area contributed by atoms with E-state index in [0.29, 0.717) is 0 Å². The van der Waals surface area contributed by atoms with E-state index in [-0.39, 0.29) is 10.8 Å². The van der Waals surface area contributed by atoms with Crippen LogP contribution in [0, 0.1) is 6.92 Å². The lowest BCUT2D eigenvalue weighted by atomic mass is 9.80. The van der Waals surface area contributed by atoms with E-state index in [0.717, 1.165) is 37.1 Å². The van der Waals surface area contributed by atoms with Crippen LogP contribution in [-0.2, 0) is 17.3 Å². The first kappa shape index (κ1) is 43.0. The zero-order valence-electron chi connectivity index (χ0n) is 39.8. The first-order chi connectivity index (χ1) is 32.0. The van der Waals surface area contributed by atoms with Crippen molar-refractivity contribution < 1.29 is 0 Å². The van der Waals surface area contributed by atoms with Crippen molar-refractivity contribution in [3.63, 3.8) is 0 Å². The van der Waals surface area contributed by atoms with E-state index in [1.54, 1.807) is 0 Å². The summed E-state index contributed by atoms with van der Waals surface area (Å²) in [5.41, 5.74) is 27.2. The highest BCUT2D eigenvalue weighted by molar-refractivity contribution is 5.96. The maximum Gasteiger partial charge on any atom is 0.0543 e. The maximum absolute atomic E-state index is 4.19. The van der Waals surface area contributed by atoms with Gasteiger partial charge in [-0.3, -0.25) is 0 Å². The molecule has 66 heavy (non-hydrogen) atoms. The summed E-state index contributed by atoms with van der Waals surface area (Å²) in [5.74, 6) is 0. The Morgan fingerprint density at radius 1 is 0.561 bits per heavy atom. The number of benzene rings is 7. The molecule has 0 spiro atoms. The van der Waals surface area contributed by atoms with E-state index >= 15 is 0 Å². The standard InChI is InChI=1S/C65H61N/c1-9-17-48-19-12-13-20-53(48)56-41-49(26-25-43(56)4)47-33-38-52(39-34-47)66(62-24-16-23-61-63(62)55-21-14-15-22-59(55)65(61,7)8)51-36-31-45(32-37-51)44-27-29-46(30-28-44)50-35-40-60-57(42-50)54(18-10-2)58(11-3)64(60,5)6/h10-16,18-27,29,31-42H,3,9,17,28,30H2,1-2,4-8H3/b18-10-. The van der Waals surface area contributed by atoms with Crippen LogP contribution in [0.5, 0.6) is 0 Å². The predicted molar refractivity (Wildman–Crippen MR) is 285 cm³/mol. The second kappa shape index (κ2) is 17.1. The Balaban J connectivity index is 1.01. The van der Waals surface area contributed by atoms with E-state index < -0.39 is 0 Å². The van der Waals surface area contributed by atoms with Gasteiger partial charge in [0, 0.05) is 27.8 Å². The summed E-state index contributed by atoms with van der Waals surface area (Å²) in [6.07, 6.45) is 15.4. The van der Waals surface area contributed by atoms with E-state index in [1.165, 1.54) is 106 Å². The fraction of sp³-hybridized carbons (Fsp3) is 0.200. The molecule has 0 saturated heterocycles. The molecule has 1 nitrogen and oxygen atoms in total. The normalized spacial score (nSPS) is 15.6. The summed E-state index contributed by atoms with van der Waals surface area (Å²) in [6.45, 7) is 20.2. The van der Waals surface area contributed by atoms with Gasteiger partial charge >= 0.3 is 0 Å². The van der Waals surface area contributed by atoms with Gasteiger partial charge in [0.05, 0.1) is 5.69 Å². The molecule has 0 amide bonds. The minimum Gasteiger partial charge on any atom is -0.310 e. The lowest BCUT2D eigenvalue weighted by Crippen LogP contribution is -2.16. The van der Waals surface area contributed by atoms with Gasteiger partial charge in [0.2, 0.25) is 0 Å². The van der Waals surface area contributed by atoms with Gasteiger partial charge in [0.15, 0.2) is 0 Å². The number of anilines is 3. The molecule has 0 radical (unpaired) electrons. The Labute approximate surface area is 393 Å². The van der Waals surface area contributed by atoms with Crippen molar-refractivity contribution in [3.8, 4) is 33.4 Å². The molecule has 326 valence electrons. The quantitative estimate of drug-likeness (QED) is 0.125. The molecule has 10 rings (SSSR count). The fourth-order valence-electron chi connectivity index (χ4n) is 11.3. The third-order valence-electron chi connectivity index (χ3n) is 14.9. The van der Waals surface area contributed by atoms with Crippen LogP contribution in [0.15, 0.2) is 194 Å². The molecule has 0 unspecified atom stereocenters. The Bertz CT molecular complexity index is 3160. The summed E-state index contributed by atoms with van der Waals surface area (Å²) in [7, 11) is 0. The summed E-state index contributed by atoms with van der Waals surface area (Å²) in [6, 6.07) is 57.3. The van der Waals surface area contributed by atoms with Crippen molar-refractivity contribution in [2.45, 2.75) is 85.0 Å². The molecule has 0 heterocycles. The van der Waals surface area contributed by atoms with Crippen molar-refractivity contribution >= 4 is 33.8 Å². The first-order valence-corrected chi connectivity index (χ1v) is 24.0. The highest BCUT2D eigenvalue weighted by Gasteiger charge is 2.38. The van der Waals surface area contributed by atoms with Crippen LogP contribution >= 0.6 is 0 Å². The van der Waals surface area contributed by atoms with E-state index in [4.69, 9.17) is 0 Å². The lowest BCUT2D eigenvalue weighted by molar-refractivity contribution is 0.654. The van der Waals surface area contributed by atoms with Gasteiger partial charge in [-0.2, -0.15) is 0 Å². The third kappa shape index (κ3) is 7.26. The molecule has 0 bridgehead atoms. The predicted octanol–water partition coefficient (Wildman–Crippen LogP) is 18.1. The number of fused-ring (bicyclic) bond motifs is 4. The highest BCUT2D eigenvalue weighted by Crippen LogP contribution is 2.54. The van der Waals surface area contributed by atoms with Crippen molar-refractivity contribution in [1.29, 1.82) is 0 Å². The van der Waals surface area contributed by atoms with Crippen LogP contribution in [0.4, 0.5) is 17.1 Å². The Morgan fingerprint density at radius 3 is 1.83 bits per heavy atom. The Hall–Kier alpha value is -6.96. The van der Waals surface area contributed by atoms with Crippen LogP contribution in [-0.4, -0.2) is 0 Å². The van der Waals surface area contributed by atoms with Gasteiger partial charge < -0.3 is 4.90 Å². The molecule has 7 aromatic rings. The van der Waals surface area contributed by atoms with Crippen molar-refractivity contribution in [1.82, 2.24) is 0 Å². The van der Waals surface area contributed by atoms with Gasteiger partial charge in [-0.15, -0.1) is 0 Å². The minimum atomic E-state index is -0.101. The number of nitrogens with zero attached hydrogens (tertiary/aromatic N) is 1. The summed E-state index contributed by atoms with van der Waals surface area (Å²) in [5, 5.41) is 0. The number of rotatable bonds is 11. The first-order valence-electron chi connectivity index (χ1n) is 24.0. The topological polar surface area (TPSA) is 3.24 Å². The van der Waals surface area contributed by atoms with Crippen LogP contribution in [0.2, 0.25) is 0 Å². The number of hydrogen-bond acceptors (Lipinski definition) is 1. The smallest absolute Gasteiger partial charge is 0.0543 e. The average Bonchev–Trinajstić information content (AvgIpc) is 3.71. The summed E-state index contributed by atoms with van der Waals surface area (Å²) in [4.78, 5) is 2.47. The molecular weight excluding hydrogens is 795 g/mol. The molecule has 1 heteroatoms. The molecule has 0 fully saturated rings. The van der Waals surface area contributed by atoms with Gasteiger partial charge in [0.1, 0.15) is 0 Å². The molecule has 0 saturated carbocycles. The van der Waals surface area contributed by atoms with Crippen LogP contribution < -0.4 is 4.90 Å². The maximum atomic E-state index is 4.19. The van der Waals surface area contributed by atoms with Gasteiger partial charge in [-0.1, -0.05) is 187 Å². The van der Waals surface area contributed by atoms with Gasteiger partial charge in [-0.25, -0.2) is 0 Å². The second-order valence-electron chi connectivity index (χ2n) is 19.5. The van der Waals surface area contributed by atoms with Crippen LogP contribution in [0.3, 0.4) is 0 Å². The lowest BCUT2D eigenvalue weighted by Gasteiger charge is -2.29. The van der Waals surface area contributed by atoms with Crippen LogP contribution in [0.25, 0.3) is 50.1 Å². The third-order valence-corrected chi connectivity index (χ3v) is 14.9. The van der Waals surface area contributed by atoms with E-state index in [2.05, 4.69) is 236 Å². The molecule has 0 N–H and O–H groups in total. The molecule has 3 aliphatic carbocycles. The zero-order valence-corrected chi connectivity index (χ0v) is 39.8. The number of hydrogen-bond donors (Lipinski definition) is 0. The van der Waals surface area contributed by atoms with Gasteiger partial charge in [-0.05, 0) is 170 Å². The summed E-state index contributed by atoms with van der Waals surface area (Å²) >= 11 is 0. The monoisotopic (exact) mass is 855 g/mol. The molecule has 3 aliphatic rings. The van der Waals surface area contributed by atoms with Gasteiger partial charge in [0.25, 0.3) is 0 Å². The van der Waals surface area contributed by atoms with E-state index in [1.807, 2.05) is 6.08 Å². The second-order valence-corrected chi connectivity index (χ2v) is 19.5. The molecule has 7 aromatic carbocycles. The SMILES string of the molecule is C=CC1=C(/C=C\C)c2cc(C3=CC=C(c4ccc(N(c5ccc(-c6ccc(C)c(-c7ccccc7CCC)c6)cc5)c5cccc6c5-c5ccccc5C6(C)C)cc4)CC3)ccc2C1(C)C. The van der Waals surface area contributed by atoms with Crippen molar-refractivity contribution in [2.75, 3.05) is 4.90 Å². The highest BCUT2D eigenvalue weighted by atomic mass is 15.1. The molecule has 0 aliphatic heterocycles. The molecule has 0 aromatic heterocycles. The van der Waals surface area contributed by atoms with Crippen LogP contribution in [0.1, 0.15) is 105 Å². The Morgan fingerprint density at radius 2 is 1.15 bits per heavy atom. The Kier molecular flexibility index (Phi) is 11.1. The fourth-order valence-corrected chi connectivity index (χ4v) is 11.3. The minimum absolute atomic E-state index is 0.0569.